The molecule has 1 spiro atoms. The molecule has 0 saturated carbocycles. The minimum absolute atomic E-state index is 0.174. The molecule has 0 radical (unpaired) electrons. The zero-order valence-electron chi connectivity index (χ0n) is 12.3. The smallest absolute Gasteiger partial charge is 0.333 e. The lowest BCUT2D eigenvalue weighted by atomic mass is 10.0. The van der Waals surface area contributed by atoms with E-state index in [1.807, 2.05) is 13.0 Å². The molecule has 2 aliphatic rings. The SMILES string of the molecule is CCC1=C[C@@]2(COC1=O)O[C@H]2[Si](C)(C)C(C)(C)C. The Hall–Kier alpha value is -0.613. The van der Waals surface area contributed by atoms with Crippen LogP contribution in [0.5, 0.6) is 0 Å². The van der Waals surface area contributed by atoms with Crippen LogP contribution in [0.25, 0.3) is 0 Å². The number of carbonyl (C=O) groups excluding carboxylic acids is 1. The van der Waals surface area contributed by atoms with E-state index < -0.39 is 8.07 Å². The first-order valence-electron chi connectivity index (χ1n) is 6.71. The molecule has 18 heavy (non-hydrogen) atoms. The van der Waals surface area contributed by atoms with Crippen LogP contribution in [-0.2, 0) is 14.3 Å². The Morgan fingerprint density at radius 1 is 1.44 bits per heavy atom. The number of epoxide rings is 1. The number of esters is 1. The molecule has 1 saturated heterocycles. The second kappa shape index (κ2) is 3.94. The molecule has 0 aliphatic carbocycles. The maximum atomic E-state index is 11.6. The number of cyclic esters (lactones) is 1. The molecule has 2 aliphatic heterocycles. The summed E-state index contributed by atoms with van der Waals surface area (Å²) < 4.78 is 11.3. The quantitative estimate of drug-likeness (QED) is 0.439. The van der Waals surface area contributed by atoms with E-state index >= 15 is 0 Å². The minimum Gasteiger partial charge on any atom is -0.459 e. The lowest BCUT2D eigenvalue weighted by Crippen LogP contribution is -2.48. The van der Waals surface area contributed by atoms with Gasteiger partial charge in [0, 0.05) is 5.57 Å². The average molecular weight is 268 g/mol. The third kappa shape index (κ3) is 1.95. The third-order valence-corrected chi connectivity index (χ3v) is 10.6. The molecule has 4 heteroatoms. The van der Waals surface area contributed by atoms with Crippen LogP contribution in [0.15, 0.2) is 11.6 Å². The van der Waals surface area contributed by atoms with Gasteiger partial charge in [-0.1, -0.05) is 40.8 Å². The van der Waals surface area contributed by atoms with Gasteiger partial charge < -0.3 is 9.47 Å². The van der Waals surface area contributed by atoms with Gasteiger partial charge in [0.2, 0.25) is 0 Å². The maximum Gasteiger partial charge on any atom is 0.333 e. The summed E-state index contributed by atoms with van der Waals surface area (Å²) in [5.74, 6) is -0.174. The first-order valence-corrected chi connectivity index (χ1v) is 9.78. The number of hydrogen-bond donors (Lipinski definition) is 0. The van der Waals surface area contributed by atoms with Crippen molar-refractivity contribution < 1.29 is 14.3 Å². The number of ether oxygens (including phenoxy) is 2. The molecule has 2 heterocycles. The van der Waals surface area contributed by atoms with Crippen LogP contribution in [0, 0.1) is 0 Å². The van der Waals surface area contributed by atoms with Crippen LogP contribution in [0.3, 0.4) is 0 Å². The predicted molar refractivity (Wildman–Crippen MR) is 74.1 cm³/mol. The summed E-state index contributed by atoms with van der Waals surface area (Å²) in [7, 11) is -1.55. The molecule has 2 atom stereocenters. The summed E-state index contributed by atoms with van der Waals surface area (Å²) in [6.07, 6.45) is 2.75. The Kier molecular flexibility index (Phi) is 3.02. The molecule has 0 unspecified atom stereocenters. The van der Waals surface area contributed by atoms with E-state index in [1.54, 1.807) is 0 Å². The molecule has 1 fully saturated rings. The van der Waals surface area contributed by atoms with Crippen LogP contribution < -0.4 is 0 Å². The second-order valence-electron chi connectivity index (χ2n) is 7.02. The third-order valence-electron chi connectivity index (χ3n) is 4.80. The minimum atomic E-state index is -1.55. The van der Waals surface area contributed by atoms with Gasteiger partial charge in [-0.15, -0.1) is 0 Å². The van der Waals surface area contributed by atoms with Crippen LogP contribution in [0.4, 0.5) is 0 Å². The van der Waals surface area contributed by atoms with Crippen LogP contribution in [0.1, 0.15) is 34.1 Å². The summed E-state index contributed by atoms with van der Waals surface area (Å²) >= 11 is 0. The maximum absolute atomic E-state index is 11.6. The van der Waals surface area contributed by atoms with Crippen molar-refractivity contribution in [3.8, 4) is 0 Å². The Morgan fingerprint density at radius 2 is 2.06 bits per heavy atom. The summed E-state index contributed by atoms with van der Waals surface area (Å²) in [4.78, 5) is 11.6. The van der Waals surface area contributed by atoms with Gasteiger partial charge in [0.1, 0.15) is 12.2 Å². The zero-order valence-corrected chi connectivity index (χ0v) is 13.3. The molecule has 102 valence electrons. The van der Waals surface area contributed by atoms with Crippen LogP contribution >= 0.6 is 0 Å². The van der Waals surface area contributed by atoms with E-state index in [9.17, 15) is 4.79 Å². The molecule has 2 rings (SSSR count). The summed E-state index contributed by atoms with van der Waals surface area (Å²) in [5, 5.41) is 0.281. The fourth-order valence-corrected chi connectivity index (χ4v) is 5.16. The van der Waals surface area contributed by atoms with Crippen molar-refractivity contribution >= 4 is 14.0 Å². The standard InChI is InChI=1S/C14H24O3Si/c1-7-10-8-14(9-16-11(10)15)12(17-14)18(5,6)13(2,3)4/h8,12H,7,9H2,1-6H3/t12-,14-/m0/s1. The number of hydrogen-bond acceptors (Lipinski definition) is 3. The molecule has 0 aromatic heterocycles. The highest BCUT2D eigenvalue weighted by atomic mass is 28.3. The van der Waals surface area contributed by atoms with Crippen molar-refractivity contribution in [1.82, 2.24) is 0 Å². The molecular formula is C14H24O3Si. The van der Waals surface area contributed by atoms with Gasteiger partial charge in [-0.25, -0.2) is 4.79 Å². The largest absolute Gasteiger partial charge is 0.459 e. The van der Waals surface area contributed by atoms with Gasteiger partial charge in [-0.2, -0.15) is 0 Å². The summed E-state index contributed by atoms with van der Waals surface area (Å²) in [6.45, 7) is 14.0. The van der Waals surface area contributed by atoms with Crippen molar-refractivity contribution in [2.75, 3.05) is 6.61 Å². The van der Waals surface area contributed by atoms with E-state index in [2.05, 4.69) is 33.9 Å². The topological polar surface area (TPSA) is 38.8 Å². The van der Waals surface area contributed by atoms with Gasteiger partial charge in [0.15, 0.2) is 0 Å². The lowest BCUT2D eigenvalue weighted by molar-refractivity contribution is -0.141. The predicted octanol–water partition coefficient (Wildman–Crippen LogP) is 3.06. The molecule has 0 N–H and O–H groups in total. The highest BCUT2D eigenvalue weighted by Crippen LogP contribution is 2.53. The first kappa shape index (κ1) is 13.8. The van der Waals surface area contributed by atoms with Crippen molar-refractivity contribution in [1.29, 1.82) is 0 Å². The molecular weight excluding hydrogens is 244 g/mol. The van der Waals surface area contributed by atoms with E-state index in [0.29, 0.717) is 13.0 Å². The van der Waals surface area contributed by atoms with Crippen molar-refractivity contribution in [2.24, 2.45) is 0 Å². The Bertz CT molecular complexity index is 406. The van der Waals surface area contributed by atoms with E-state index in [0.717, 1.165) is 5.57 Å². The van der Waals surface area contributed by atoms with Crippen LogP contribution in [-0.4, -0.2) is 32.0 Å². The first-order chi connectivity index (χ1) is 8.14. The molecule has 0 bridgehead atoms. The van der Waals surface area contributed by atoms with Crippen molar-refractivity contribution in [3.05, 3.63) is 11.6 Å². The number of rotatable bonds is 2. The van der Waals surface area contributed by atoms with E-state index in [1.165, 1.54) is 0 Å². The molecule has 0 aromatic carbocycles. The highest BCUT2D eigenvalue weighted by Gasteiger charge is 2.66. The average Bonchev–Trinajstić information content (AvgIpc) is 2.96. The summed E-state index contributed by atoms with van der Waals surface area (Å²) in [6, 6.07) is 0. The van der Waals surface area contributed by atoms with E-state index in [4.69, 9.17) is 9.47 Å². The Balaban J connectivity index is 2.25. The fraction of sp³-hybridized carbons (Fsp3) is 0.786. The van der Waals surface area contributed by atoms with Crippen molar-refractivity contribution in [2.45, 2.75) is 63.6 Å². The number of carbonyl (C=O) groups is 1. The van der Waals surface area contributed by atoms with Gasteiger partial charge in [-0.05, 0) is 17.5 Å². The zero-order chi connectivity index (χ0) is 13.8. The van der Waals surface area contributed by atoms with E-state index in [-0.39, 0.29) is 22.3 Å². The normalized spacial score (nSPS) is 32.2. The molecule has 3 nitrogen and oxygen atoms in total. The molecule has 0 aromatic rings. The van der Waals surface area contributed by atoms with Gasteiger partial charge in [0.05, 0.1) is 13.8 Å². The van der Waals surface area contributed by atoms with Gasteiger partial charge in [0.25, 0.3) is 0 Å². The van der Waals surface area contributed by atoms with Crippen molar-refractivity contribution in [3.63, 3.8) is 0 Å². The van der Waals surface area contributed by atoms with Gasteiger partial charge >= 0.3 is 5.97 Å². The fourth-order valence-electron chi connectivity index (χ4n) is 2.47. The Labute approximate surface area is 111 Å². The summed E-state index contributed by atoms with van der Waals surface area (Å²) in [5.41, 5.74) is 0.726. The Morgan fingerprint density at radius 3 is 2.56 bits per heavy atom. The second-order valence-corrected chi connectivity index (χ2v) is 12.5. The van der Waals surface area contributed by atoms with Gasteiger partial charge in [-0.3, -0.25) is 0 Å². The molecule has 0 amide bonds. The van der Waals surface area contributed by atoms with Crippen LogP contribution in [0.2, 0.25) is 18.1 Å². The monoisotopic (exact) mass is 268 g/mol. The highest BCUT2D eigenvalue weighted by molar-refractivity contribution is 6.82. The lowest BCUT2D eigenvalue weighted by Gasteiger charge is -2.36.